The van der Waals surface area contributed by atoms with Gasteiger partial charge in [0.1, 0.15) is 0 Å². The lowest BCUT2D eigenvalue weighted by Crippen LogP contribution is -2.33. The van der Waals surface area contributed by atoms with Gasteiger partial charge in [-0.05, 0) is 45.3 Å². The molecule has 5 nitrogen and oxygen atoms in total. The second-order valence-corrected chi connectivity index (χ2v) is 4.85. The van der Waals surface area contributed by atoms with Crippen molar-refractivity contribution in [2.24, 2.45) is 0 Å². The van der Waals surface area contributed by atoms with E-state index in [1.165, 1.54) is 32.4 Å². The molecule has 0 saturated carbocycles. The zero-order valence-corrected chi connectivity index (χ0v) is 11.0. The standard InChI is InChI=1S/C13H24N2O3/c16-12(6-4-7-13(17)18)14-8-5-11-15-9-2-1-3-10-15/h1-11H2,(H,14,16)(H,17,18). The molecular formula is C13H24N2O3. The van der Waals surface area contributed by atoms with E-state index >= 15 is 0 Å². The minimum atomic E-state index is -0.840. The fourth-order valence-corrected chi connectivity index (χ4v) is 2.20. The van der Waals surface area contributed by atoms with Crippen LogP contribution in [-0.2, 0) is 9.59 Å². The number of amides is 1. The molecule has 1 fully saturated rings. The third-order valence-electron chi connectivity index (χ3n) is 3.22. The lowest BCUT2D eigenvalue weighted by Gasteiger charge is -2.26. The Kier molecular flexibility index (Phi) is 7.41. The Morgan fingerprint density at radius 3 is 2.44 bits per heavy atom. The molecule has 18 heavy (non-hydrogen) atoms. The zero-order valence-electron chi connectivity index (χ0n) is 11.0. The third kappa shape index (κ3) is 7.27. The summed E-state index contributed by atoms with van der Waals surface area (Å²) in [6.07, 6.45) is 5.72. The molecule has 1 aliphatic heterocycles. The smallest absolute Gasteiger partial charge is 0.303 e. The van der Waals surface area contributed by atoms with E-state index in [1.807, 2.05) is 0 Å². The molecule has 5 heteroatoms. The van der Waals surface area contributed by atoms with E-state index in [0.717, 1.165) is 13.0 Å². The maximum Gasteiger partial charge on any atom is 0.303 e. The van der Waals surface area contributed by atoms with Gasteiger partial charge in [0.05, 0.1) is 0 Å². The number of hydrogen-bond acceptors (Lipinski definition) is 3. The van der Waals surface area contributed by atoms with E-state index < -0.39 is 5.97 Å². The molecule has 1 amide bonds. The maximum absolute atomic E-state index is 11.4. The highest BCUT2D eigenvalue weighted by molar-refractivity contribution is 5.76. The Morgan fingerprint density at radius 2 is 1.78 bits per heavy atom. The summed E-state index contributed by atoms with van der Waals surface area (Å²) in [6.45, 7) is 4.12. The number of carbonyl (C=O) groups excluding carboxylic acids is 1. The average Bonchev–Trinajstić information content (AvgIpc) is 2.35. The highest BCUT2D eigenvalue weighted by Crippen LogP contribution is 2.08. The van der Waals surface area contributed by atoms with Gasteiger partial charge < -0.3 is 15.3 Å². The van der Waals surface area contributed by atoms with Crippen molar-refractivity contribution in [2.45, 2.75) is 44.9 Å². The first-order chi connectivity index (χ1) is 8.68. The first-order valence-corrected chi connectivity index (χ1v) is 6.89. The van der Waals surface area contributed by atoms with Crippen LogP contribution in [0.15, 0.2) is 0 Å². The largest absolute Gasteiger partial charge is 0.481 e. The Balaban J connectivity index is 1.93. The average molecular weight is 256 g/mol. The number of carboxylic acid groups (broad SMARTS) is 1. The summed E-state index contributed by atoms with van der Waals surface area (Å²) < 4.78 is 0. The second-order valence-electron chi connectivity index (χ2n) is 4.85. The van der Waals surface area contributed by atoms with Crippen molar-refractivity contribution < 1.29 is 14.7 Å². The van der Waals surface area contributed by atoms with E-state index in [0.29, 0.717) is 19.4 Å². The number of rotatable bonds is 8. The lowest BCUT2D eigenvalue weighted by atomic mass is 10.1. The van der Waals surface area contributed by atoms with Crippen LogP contribution in [0.1, 0.15) is 44.9 Å². The topological polar surface area (TPSA) is 69.6 Å². The highest BCUT2D eigenvalue weighted by atomic mass is 16.4. The van der Waals surface area contributed by atoms with Crippen LogP contribution in [0, 0.1) is 0 Å². The van der Waals surface area contributed by atoms with E-state index in [2.05, 4.69) is 10.2 Å². The molecule has 0 atom stereocenters. The fraction of sp³-hybridized carbons (Fsp3) is 0.846. The van der Waals surface area contributed by atoms with Gasteiger partial charge in [0.25, 0.3) is 0 Å². The molecule has 0 aliphatic carbocycles. The predicted molar refractivity (Wildman–Crippen MR) is 69.4 cm³/mol. The molecule has 1 saturated heterocycles. The van der Waals surface area contributed by atoms with Crippen LogP contribution in [0.4, 0.5) is 0 Å². The number of piperidine rings is 1. The molecule has 0 radical (unpaired) electrons. The summed E-state index contributed by atoms with van der Waals surface area (Å²) in [4.78, 5) is 24.1. The Hall–Kier alpha value is -1.10. The van der Waals surface area contributed by atoms with Crippen molar-refractivity contribution in [1.29, 1.82) is 0 Å². The lowest BCUT2D eigenvalue weighted by molar-refractivity contribution is -0.137. The van der Waals surface area contributed by atoms with E-state index in [4.69, 9.17) is 5.11 Å². The van der Waals surface area contributed by atoms with Crippen LogP contribution < -0.4 is 5.32 Å². The van der Waals surface area contributed by atoms with Gasteiger partial charge in [-0.25, -0.2) is 0 Å². The fourth-order valence-electron chi connectivity index (χ4n) is 2.20. The molecule has 1 aliphatic rings. The molecule has 0 spiro atoms. The summed E-state index contributed by atoms with van der Waals surface area (Å²) in [6, 6.07) is 0. The quantitative estimate of drug-likeness (QED) is 0.641. The van der Waals surface area contributed by atoms with Gasteiger partial charge in [-0.2, -0.15) is 0 Å². The second kappa shape index (κ2) is 8.91. The van der Waals surface area contributed by atoms with Gasteiger partial charge in [0.15, 0.2) is 0 Å². The van der Waals surface area contributed by atoms with Crippen molar-refractivity contribution in [3.8, 4) is 0 Å². The minimum Gasteiger partial charge on any atom is -0.481 e. The number of nitrogens with zero attached hydrogens (tertiary/aromatic N) is 1. The molecule has 2 N–H and O–H groups in total. The SMILES string of the molecule is O=C(O)CCCC(=O)NCCCN1CCCCC1. The minimum absolute atomic E-state index is 0.0325. The number of hydrogen-bond donors (Lipinski definition) is 2. The number of nitrogens with one attached hydrogen (secondary N) is 1. The number of carbonyl (C=O) groups is 2. The van der Waals surface area contributed by atoms with Crippen LogP contribution in [0.5, 0.6) is 0 Å². The van der Waals surface area contributed by atoms with Gasteiger partial charge in [-0.15, -0.1) is 0 Å². The molecule has 0 aromatic heterocycles. The van der Waals surface area contributed by atoms with Crippen LogP contribution in [-0.4, -0.2) is 48.1 Å². The van der Waals surface area contributed by atoms with Crippen LogP contribution >= 0.6 is 0 Å². The van der Waals surface area contributed by atoms with Crippen LogP contribution in [0.25, 0.3) is 0 Å². The van der Waals surface area contributed by atoms with E-state index in [9.17, 15) is 9.59 Å². The third-order valence-corrected chi connectivity index (χ3v) is 3.22. The van der Waals surface area contributed by atoms with Crippen molar-refractivity contribution in [2.75, 3.05) is 26.2 Å². The molecular weight excluding hydrogens is 232 g/mol. The Labute approximate surface area is 109 Å². The van der Waals surface area contributed by atoms with Crippen molar-refractivity contribution in [3.05, 3.63) is 0 Å². The van der Waals surface area contributed by atoms with Gasteiger partial charge in [-0.3, -0.25) is 9.59 Å². The summed E-state index contributed by atoms with van der Waals surface area (Å²) in [5.74, 6) is -0.872. The Morgan fingerprint density at radius 1 is 1.06 bits per heavy atom. The number of aliphatic carboxylic acids is 1. The summed E-state index contributed by atoms with van der Waals surface area (Å²) in [7, 11) is 0. The molecule has 0 unspecified atom stereocenters. The van der Waals surface area contributed by atoms with Gasteiger partial charge in [-0.1, -0.05) is 6.42 Å². The molecule has 104 valence electrons. The zero-order chi connectivity index (χ0) is 13.2. The number of likely N-dealkylation sites (tertiary alicyclic amines) is 1. The van der Waals surface area contributed by atoms with Crippen LogP contribution in [0.2, 0.25) is 0 Å². The monoisotopic (exact) mass is 256 g/mol. The van der Waals surface area contributed by atoms with Gasteiger partial charge >= 0.3 is 5.97 Å². The van der Waals surface area contributed by atoms with E-state index in [-0.39, 0.29) is 12.3 Å². The van der Waals surface area contributed by atoms with Crippen LogP contribution in [0.3, 0.4) is 0 Å². The van der Waals surface area contributed by atoms with Gasteiger partial charge in [0.2, 0.25) is 5.91 Å². The maximum atomic E-state index is 11.4. The summed E-state index contributed by atoms with van der Waals surface area (Å²) in [5, 5.41) is 11.3. The van der Waals surface area contributed by atoms with Crippen molar-refractivity contribution in [1.82, 2.24) is 10.2 Å². The molecule has 1 rings (SSSR count). The number of carboxylic acids is 1. The summed E-state index contributed by atoms with van der Waals surface area (Å²) >= 11 is 0. The molecule has 0 aromatic rings. The van der Waals surface area contributed by atoms with Gasteiger partial charge in [0, 0.05) is 19.4 Å². The van der Waals surface area contributed by atoms with Crippen molar-refractivity contribution in [3.63, 3.8) is 0 Å². The van der Waals surface area contributed by atoms with E-state index in [1.54, 1.807) is 0 Å². The van der Waals surface area contributed by atoms with Crippen molar-refractivity contribution >= 4 is 11.9 Å². The first-order valence-electron chi connectivity index (χ1n) is 6.89. The first kappa shape index (κ1) is 15.0. The molecule has 0 bridgehead atoms. The molecule has 1 heterocycles. The summed E-state index contributed by atoms with van der Waals surface area (Å²) in [5.41, 5.74) is 0. The normalized spacial score (nSPS) is 16.4. The predicted octanol–water partition coefficient (Wildman–Crippen LogP) is 1.23. The molecule has 0 aromatic carbocycles. The Bertz CT molecular complexity index is 263. The highest BCUT2D eigenvalue weighted by Gasteiger charge is 2.09.